The van der Waals surface area contributed by atoms with Crippen molar-refractivity contribution in [3.63, 3.8) is 0 Å². The van der Waals surface area contributed by atoms with Crippen molar-refractivity contribution in [2.75, 3.05) is 13.1 Å². The number of amides is 1. The van der Waals surface area contributed by atoms with Crippen molar-refractivity contribution in [3.05, 3.63) is 35.7 Å². The molecule has 5 heteroatoms. The van der Waals surface area contributed by atoms with Gasteiger partial charge in [0.25, 0.3) is 0 Å². The van der Waals surface area contributed by atoms with E-state index in [2.05, 4.69) is 17.1 Å². The van der Waals surface area contributed by atoms with Crippen LogP contribution >= 0.6 is 0 Å². The van der Waals surface area contributed by atoms with Gasteiger partial charge >= 0.3 is 0 Å². The van der Waals surface area contributed by atoms with Crippen molar-refractivity contribution in [2.24, 2.45) is 5.92 Å². The minimum atomic E-state index is 0.162. The van der Waals surface area contributed by atoms with Crippen molar-refractivity contribution in [2.45, 2.75) is 44.9 Å². The van der Waals surface area contributed by atoms with Gasteiger partial charge in [-0.3, -0.25) is 4.79 Å². The van der Waals surface area contributed by atoms with Crippen LogP contribution in [0.5, 0.6) is 0 Å². The van der Waals surface area contributed by atoms with Crippen LogP contribution in [0.25, 0.3) is 11.4 Å². The third-order valence-electron chi connectivity index (χ3n) is 5.29. The molecule has 0 spiro atoms. The number of benzene rings is 1. The van der Waals surface area contributed by atoms with E-state index in [4.69, 9.17) is 4.52 Å². The maximum Gasteiger partial charge on any atom is 0.231 e. The Balaban J connectivity index is 1.47. The van der Waals surface area contributed by atoms with Crippen LogP contribution in [0.15, 0.2) is 28.8 Å². The van der Waals surface area contributed by atoms with Crippen LogP contribution in [-0.2, 0) is 4.79 Å². The van der Waals surface area contributed by atoms with Gasteiger partial charge in [0.05, 0.1) is 5.92 Å². The fraction of sp³-hybridized carbons (Fsp3) is 0.526. The zero-order valence-electron chi connectivity index (χ0n) is 14.1. The summed E-state index contributed by atoms with van der Waals surface area (Å²) in [5.74, 6) is 2.04. The first-order chi connectivity index (χ1) is 11.7. The van der Waals surface area contributed by atoms with E-state index in [0.717, 1.165) is 37.8 Å². The Morgan fingerprint density at radius 2 is 1.96 bits per heavy atom. The minimum Gasteiger partial charge on any atom is -0.342 e. The summed E-state index contributed by atoms with van der Waals surface area (Å²) in [6.07, 6.45) is 5.31. The maximum atomic E-state index is 12.5. The largest absolute Gasteiger partial charge is 0.342 e. The van der Waals surface area contributed by atoms with Crippen LogP contribution in [-0.4, -0.2) is 34.0 Å². The Kier molecular flexibility index (Phi) is 4.08. The number of carbonyl (C=O) groups excluding carboxylic acids is 1. The Hall–Kier alpha value is -2.17. The highest BCUT2D eigenvalue weighted by atomic mass is 16.5. The zero-order chi connectivity index (χ0) is 16.5. The van der Waals surface area contributed by atoms with Crippen molar-refractivity contribution in [3.8, 4) is 11.4 Å². The summed E-state index contributed by atoms with van der Waals surface area (Å²) in [6, 6.07) is 8.12. The van der Waals surface area contributed by atoms with Gasteiger partial charge in [-0.1, -0.05) is 41.4 Å². The zero-order valence-corrected chi connectivity index (χ0v) is 14.1. The summed E-state index contributed by atoms with van der Waals surface area (Å²) < 4.78 is 5.52. The smallest absolute Gasteiger partial charge is 0.231 e. The quantitative estimate of drug-likeness (QED) is 0.866. The molecule has 1 aliphatic heterocycles. The molecule has 1 aromatic carbocycles. The Labute approximate surface area is 142 Å². The number of hydrogen-bond acceptors (Lipinski definition) is 4. The molecule has 1 saturated carbocycles. The monoisotopic (exact) mass is 325 g/mol. The SMILES string of the molecule is Cc1ccc(-c2noc(C3CCCN(C(=O)C4CCC4)C3)n2)cc1. The second-order valence-electron chi connectivity index (χ2n) is 7.07. The van der Waals surface area contributed by atoms with E-state index in [9.17, 15) is 4.79 Å². The topological polar surface area (TPSA) is 59.2 Å². The van der Waals surface area contributed by atoms with Gasteiger partial charge in [-0.15, -0.1) is 0 Å². The van der Waals surface area contributed by atoms with E-state index < -0.39 is 0 Å². The van der Waals surface area contributed by atoms with Crippen molar-refractivity contribution < 1.29 is 9.32 Å². The first kappa shape index (κ1) is 15.4. The van der Waals surface area contributed by atoms with Gasteiger partial charge in [-0.05, 0) is 32.6 Å². The highest BCUT2D eigenvalue weighted by Gasteiger charge is 2.34. The molecule has 0 N–H and O–H groups in total. The molecule has 1 unspecified atom stereocenters. The molecule has 1 amide bonds. The Morgan fingerprint density at radius 1 is 1.17 bits per heavy atom. The second-order valence-corrected chi connectivity index (χ2v) is 7.07. The standard InChI is InChI=1S/C19H23N3O2/c1-13-7-9-14(10-8-13)17-20-18(24-21-17)16-6-3-11-22(12-16)19(23)15-4-2-5-15/h7-10,15-16H,2-6,11-12H2,1H3. The first-order valence-corrected chi connectivity index (χ1v) is 8.90. The van der Waals surface area contributed by atoms with Crippen LogP contribution in [0.1, 0.15) is 49.5 Å². The first-order valence-electron chi connectivity index (χ1n) is 8.90. The molecule has 0 bridgehead atoms. The van der Waals surface area contributed by atoms with E-state index in [1.54, 1.807) is 0 Å². The maximum absolute atomic E-state index is 12.5. The summed E-state index contributed by atoms with van der Waals surface area (Å²) in [4.78, 5) is 19.1. The summed E-state index contributed by atoms with van der Waals surface area (Å²) in [5, 5.41) is 4.13. The van der Waals surface area contributed by atoms with Gasteiger partial charge in [-0.25, -0.2) is 0 Å². The van der Waals surface area contributed by atoms with Gasteiger partial charge in [0.1, 0.15) is 0 Å². The average Bonchev–Trinajstić information content (AvgIpc) is 3.04. The lowest BCUT2D eigenvalue weighted by atomic mass is 9.83. The third-order valence-corrected chi connectivity index (χ3v) is 5.29. The van der Waals surface area contributed by atoms with E-state index in [0.29, 0.717) is 24.2 Å². The molecule has 1 aromatic heterocycles. The molecule has 0 radical (unpaired) electrons. The number of aromatic nitrogens is 2. The molecule has 1 saturated heterocycles. The van der Waals surface area contributed by atoms with Crippen LogP contribution in [0, 0.1) is 12.8 Å². The molecular weight excluding hydrogens is 302 g/mol. The average molecular weight is 325 g/mol. The highest BCUT2D eigenvalue weighted by Crippen LogP contribution is 2.32. The van der Waals surface area contributed by atoms with Crippen LogP contribution < -0.4 is 0 Å². The minimum absolute atomic E-state index is 0.162. The predicted octanol–water partition coefficient (Wildman–Crippen LogP) is 3.55. The predicted molar refractivity (Wildman–Crippen MR) is 90.4 cm³/mol. The number of aryl methyl sites for hydroxylation is 1. The fourth-order valence-electron chi connectivity index (χ4n) is 3.51. The molecule has 1 aliphatic carbocycles. The highest BCUT2D eigenvalue weighted by molar-refractivity contribution is 5.79. The molecule has 2 aromatic rings. The Morgan fingerprint density at radius 3 is 2.67 bits per heavy atom. The molecule has 24 heavy (non-hydrogen) atoms. The van der Waals surface area contributed by atoms with Gasteiger partial charge in [0.2, 0.25) is 17.6 Å². The van der Waals surface area contributed by atoms with Gasteiger partial charge < -0.3 is 9.42 Å². The van der Waals surface area contributed by atoms with Gasteiger partial charge in [0, 0.05) is 24.6 Å². The normalized spacial score (nSPS) is 21.5. The van der Waals surface area contributed by atoms with Gasteiger partial charge in [-0.2, -0.15) is 4.98 Å². The van der Waals surface area contributed by atoms with Crippen molar-refractivity contribution in [1.29, 1.82) is 0 Å². The number of piperidine rings is 1. The summed E-state index contributed by atoms with van der Waals surface area (Å²) in [5.41, 5.74) is 2.17. The Bertz CT molecular complexity index is 718. The van der Waals surface area contributed by atoms with E-state index >= 15 is 0 Å². The molecular formula is C19H23N3O2. The number of carbonyl (C=O) groups is 1. The van der Waals surface area contributed by atoms with E-state index in [1.807, 2.05) is 29.2 Å². The lowest BCUT2D eigenvalue weighted by molar-refractivity contribution is -0.139. The third kappa shape index (κ3) is 2.95. The van der Waals surface area contributed by atoms with Crippen LogP contribution in [0.4, 0.5) is 0 Å². The number of hydrogen-bond donors (Lipinski definition) is 0. The summed E-state index contributed by atoms with van der Waals surface area (Å²) in [6.45, 7) is 3.64. The van der Waals surface area contributed by atoms with Crippen LogP contribution in [0.2, 0.25) is 0 Å². The molecule has 1 atom stereocenters. The van der Waals surface area contributed by atoms with Crippen molar-refractivity contribution in [1.82, 2.24) is 15.0 Å². The molecule has 4 rings (SSSR count). The number of rotatable bonds is 3. The summed E-state index contributed by atoms with van der Waals surface area (Å²) in [7, 11) is 0. The van der Waals surface area contributed by atoms with Gasteiger partial charge in [0.15, 0.2) is 0 Å². The molecule has 126 valence electrons. The lowest BCUT2D eigenvalue weighted by Crippen LogP contribution is -2.44. The molecule has 2 heterocycles. The molecule has 2 fully saturated rings. The fourth-order valence-corrected chi connectivity index (χ4v) is 3.51. The second kappa shape index (κ2) is 6.38. The van der Waals surface area contributed by atoms with Crippen LogP contribution in [0.3, 0.4) is 0 Å². The number of likely N-dealkylation sites (tertiary alicyclic amines) is 1. The molecule has 2 aliphatic rings. The number of nitrogens with zero attached hydrogens (tertiary/aromatic N) is 3. The summed E-state index contributed by atoms with van der Waals surface area (Å²) >= 11 is 0. The van der Waals surface area contributed by atoms with Crippen molar-refractivity contribution >= 4 is 5.91 Å². The lowest BCUT2D eigenvalue weighted by Gasteiger charge is -2.36. The van der Waals surface area contributed by atoms with E-state index in [-0.39, 0.29) is 11.8 Å². The molecule has 5 nitrogen and oxygen atoms in total. The van der Waals surface area contributed by atoms with E-state index in [1.165, 1.54) is 12.0 Å².